The van der Waals surface area contributed by atoms with Crippen molar-refractivity contribution in [3.63, 3.8) is 0 Å². The van der Waals surface area contributed by atoms with Crippen molar-refractivity contribution in [3.05, 3.63) is 0 Å². The van der Waals surface area contributed by atoms with Crippen LogP contribution in [-0.2, 0) is 0 Å². The second kappa shape index (κ2) is 4.63. The Morgan fingerprint density at radius 1 is 1.14 bits per heavy atom. The molecule has 0 bridgehead atoms. The lowest BCUT2D eigenvalue weighted by molar-refractivity contribution is 0.151. The molecule has 2 heteroatoms. The van der Waals surface area contributed by atoms with Gasteiger partial charge in [-0.3, -0.25) is 0 Å². The molecule has 2 atom stereocenters. The molecule has 0 aromatic heterocycles. The third kappa shape index (κ3) is 2.71. The summed E-state index contributed by atoms with van der Waals surface area (Å²) in [6.45, 7) is 8.42. The first kappa shape index (κ1) is 10.4. The molecule has 1 saturated heterocycles. The first-order chi connectivity index (χ1) is 6.74. The van der Waals surface area contributed by atoms with E-state index in [1.165, 1.54) is 45.3 Å². The van der Waals surface area contributed by atoms with Crippen molar-refractivity contribution in [1.82, 2.24) is 10.2 Å². The highest BCUT2D eigenvalue weighted by atomic mass is 15.2. The van der Waals surface area contributed by atoms with E-state index in [4.69, 9.17) is 0 Å². The molecule has 0 radical (unpaired) electrons. The fourth-order valence-electron chi connectivity index (χ4n) is 2.77. The lowest BCUT2D eigenvalue weighted by Gasteiger charge is -2.37. The van der Waals surface area contributed by atoms with Crippen LogP contribution >= 0.6 is 0 Å². The average Bonchev–Trinajstić information content (AvgIpc) is 1.99. The molecule has 2 unspecified atom stereocenters. The predicted molar refractivity (Wildman–Crippen MR) is 60.5 cm³/mol. The van der Waals surface area contributed by atoms with Gasteiger partial charge in [-0.15, -0.1) is 0 Å². The van der Waals surface area contributed by atoms with Gasteiger partial charge in [0.1, 0.15) is 0 Å². The van der Waals surface area contributed by atoms with Crippen LogP contribution in [0.3, 0.4) is 0 Å². The van der Waals surface area contributed by atoms with Gasteiger partial charge in [-0.25, -0.2) is 0 Å². The van der Waals surface area contributed by atoms with Gasteiger partial charge in [0, 0.05) is 25.2 Å². The number of nitrogens with one attached hydrogen (secondary N) is 1. The van der Waals surface area contributed by atoms with Crippen molar-refractivity contribution in [3.8, 4) is 0 Å². The van der Waals surface area contributed by atoms with Crippen LogP contribution in [-0.4, -0.2) is 36.6 Å². The SMILES string of the molecule is CC1CN(CCC2CCC2)CC(C)N1. The Morgan fingerprint density at radius 3 is 2.29 bits per heavy atom. The molecule has 1 heterocycles. The van der Waals surface area contributed by atoms with E-state index in [0.717, 1.165) is 5.92 Å². The first-order valence-electron chi connectivity index (χ1n) is 6.22. The fourth-order valence-corrected chi connectivity index (χ4v) is 2.77. The standard InChI is InChI=1S/C12H24N2/c1-10-8-14(9-11(2)13-10)7-6-12-4-3-5-12/h10-13H,3-9H2,1-2H3. The largest absolute Gasteiger partial charge is 0.309 e. The van der Waals surface area contributed by atoms with E-state index < -0.39 is 0 Å². The number of nitrogens with zero attached hydrogens (tertiary/aromatic N) is 1. The molecule has 0 aromatic rings. The van der Waals surface area contributed by atoms with E-state index in [9.17, 15) is 0 Å². The van der Waals surface area contributed by atoms with Crippen molar-refractivity contribution >= 4 is 0 Å². The minimum Gasteiger partial charge on any atom is -0.309 e. The van der Waals surface area contributed by atoms with E-state index in [2.05, 4.69) is 24.1 Å². The molecular weight excluding hydrogens is 172 g/mol. The van der Waals surface area contributed by atoms with Crippen LogP contribution in [0, 0.1) is 5.92 Å². The number of hydrogen-bond donors (Lipinski definition) is 1. The van der Waals surface area contributed by atoms with Gasteiger partial charge in [-0.05, 0) is 32.7 Å². The van der Waals surface area contributed by atoms with E-state index >= 15 is 0 Å². The minimum atomic E-state index is 0.681. The Kier molecular flexibility index (Phi) is 3.45. The second-order valence-electron chi connectivity index (χ2n) is 5.31. The molecule has 2 nitrogen and oxygen atoms in total. The van der Waals surface area contributed by atoms with Gasteiger partial charge in [0.05, 0.1) is 0 Å². The normalized spacial score (nSPS) is 35.6. The summed E-state index contributed by atoms with van der Waals surface area (Å²) in [5.74, 6) is 1.07. The maximum atomic E-state index is 3.58. The topological polar surface area (TPSA) is 15.3 Å². The molecule has 82 valence electrons. The van der Waals surface area contributed by atoms with Crippen molar-refractivity contribution in [2.24, 2.45) is 5.92 Å². The highest BCUT2D eigenvalue weighted by Crippen LogP contribution is 2.29. The maximum absolute atomic E-state index is 3.58. The van der Waals surface area contributed by atoms with Gasteiger partial charge in [0.2, 0.25) is 0 Å². The van der Waals surface area contributed by atoms with Gasteiger partial charge >= 0.3 is 0 Å². The van der Waals surface area contributed by atoms with Gasteiger partial charge in [-0.1, -0.05) is 19.3 Å². The number of hydrogen-bond acceptors (Lipinski definition) is 2. The average molecular weight is 196 g/mol. The Morgan fingerprint density at radius 2 is 1.79 bits per heavy atom. The summed E-state index contributed by atoms with van der Waals surface area (Å²) in [4.78, 5) is 2.64. The highest BCUT2D eigenvalue weighted by Gasteiger charge is 2.23. The van der Waals surface area contributed by atoms with Crippen molar-refractivity contribution in [1.29, 1.82) is 0 Å². The van der Waals surface area contributed by atoms with Gasteiger partial charge in [0.15, 0.2) is 0 Å². The zero-order chi connectivity index (χ0) is 9.97. The zero-order valence-electron chi connectivity index (χ0n) is 9.63. The summed E-state index contributed by atoms with van der Waals surface area (Å²) in [6, 6.07) is 1.36. The third-order valence-corrected chi connectivity index (χ3v) is 3.71. The summed E-state index contributed by atoms with van der Waals surface area (Å²) < 4.78 is 0. The second-order valence-corrected chi connectivity index (χ2v) is 5.31. The van der Waals surface area contributed by atoms with Crippen molar-refractivity contribution in [2.75, 3.05) is 19.6 Å². The lowest BCUT2D eigenvalue weighted by Crippen LogP contribution is -2.54. The predicted octanol–water partition coefficient (Wildman–Crippen LogP) is 1.86. The molecule has 2 rings (SSSR count). The summed E-state index contributed by atoms with van der Waals surface area (Å²) in [7, 11) is 0. The maximum Gasteiger partial charge on any atom is 0.0169 e. The van der Waals surface area contributed by atoms with Crippen LogP contribution in [0.5, 0.6) is 0 Å². The van der Waals surface area contributed by atoms with Crippen molar-refractivity contribution in [2.45, 2.75) is 51.6 Å². The van der Waals surface area contributed by atoms with Gasteiger partial charge in [0.25, 0.3) is 0 Å². The van der Waals surface area contributed by atoms with E-state index in [-0.39, 0.29) is 0 Å². The Hall–Kier alpha value is -0.0800. The van der Waals surface area contributed by atoms with Crippen LogP contribution in [0.2, 0.25) is 0 Å². The number of piperazine rings is 1. The Balaban J connectivity index is 1.68. The molecule has 0 spiro atoms. The Labute approximate surface area is 88.1 Å². The van der Waals surface area contributed by atoms with Crippen LogP contribution < -0.4 is 5.32 Å². The summed E-state index contributed by atoms with van der Waals surface area (Å²) in [5.41, 5.74) is 0. The minimum absolute atomic E-state index is 0.681. The van der Waals surface area contributed by atoms with Gasteiger partial charge in [-0.2, -0.15) is 0 Å². The zero-order valence-corrected chi connectivity index (χ0v) is 9.63. The molecular formula is C12H24N2. The molecule has 1 saturated carbocycles. The molecule has 1 aliphatic carbocycles. The monoisotopic (exact) mass is 196 g/mol. The Bertz CT molecular complexity index is 167. The smallest absolute Gasteiger partial charge is 0.0169 e. The molecule has 2 aliphatic rings. The summed E-state index contributed by atoms with van der Waals surface area (Å²) >= 11 is 0. The molecule has 0 aromatic carbocycles. The van der Waals surface area contributed by atoms with Crippen LogP contribution in [0.1, 0.15) is 39.5 Å². The molecule has 1 N–H and O–H groups in total. The molecule has 2 fully saturated rings. The molecule has 14 heavy (non-hydrogen) atoms. The summed E-state index contributed by atoms with van der Waals surface area (Å²) in [6.07, 6.45) is 5.92. The first-order valence-corrected chi connectivity index (χ1v) is 6.22. The van der Waals surface area contributed by atoms with E-state index in [1.807, 2.05) is 0 Å². The lowest BCUT2D eigenvalue weighted by atomic mass is 9.83. The summed E-state index contributed by atoms with van der Waals surface area (Å²) in [5, 5.41) is 3.58. The van der Waals surface area contributed by atoms with Crippen LogP contribution in [0.25, 0.3) is 0 Å². The quantitative estimate of drug-likeness (QED) is 0.741. The van der Waals surface area contributed by atoms with Crippen LogP contribution in [0.4, 0.5) is 0 Å². The van der Waals surface area contributed by atoms with E-state index in [0.29, 0.717) is 12.1 Å². The fraction of sp³-hybridized carbons (Fsp3) is 1.00. The number of rotatable bonds is 3. The highest BCUT2D eigenvalue weighted by molar-refractivity contribution is 4.81. The molecule has 0 amide bonds. The van der Waals surface area contributed by atoms with Crippen molar-refractivity contribution < 1.29 is 0 Å². The van der Waals surface area contributed by atoms with E-state index in [1.54, 1.807) is 0 Å². The molecule has 1 aliphatic heterocycles. The van der Waals surface area contributed by atoms with Gasteiger partial charge < -0.3 is 10.2 Å². The van der Waals surface area contributed by atoms with Crippen LogP contribution in [0.15, 0.2) is 0 Å². The third-order valence-electron chi connectivity index (χ3n) is 3.71.